The molecular formula is C12H8N4O3S. The fourth-order valence-corrected chi connectivity index (χ4v) is 2.02. The van der Waals surface area contributed by atoms with Gasteiger partial charge < -0.3 is 0 Å². The minimum Gasteiger partial charge on any atom is -0.265 e. The molecular weight excluding hydrogens is 280 g/mol. The van der Waals surface area contributed by atoms with Crippen molar-refractivity contribution in [2.75, 3.05) is 0 Å². The third kappa shape index (κ3) is 3.15. The lowest BCUT2D eigenvalue weighted by atomic mass is 10.3. The second-order valence-corrected chi connectivity index (χ2v) is 5.01. The van der Waals surface area contributed by atoms with Gasteiger partial charge in [0.2, 0.25) is 0 Å². The van der Waals surface area contributed by atoms with Crippen molar-refractivity contribution >= 4 is 16.3 Å². The van der Waals surface area contributed by atoms with E-state index in [-0.39, 0.29) is 16.3 Å². The first-order valence-electron chi connectivity index (χ1n) is 5.36. The summed E-state index contributed by atoms with van der Waals surface area (Å²) >= 11 is 0. The van der Waals surface area contributed by atoms with Crippen molar-refractivity contribution in [2.45, 2.75) is 4.90 Å². The summed E-state index contributed by atoms with van der Waals surface area (Å²) in [5, 5.41) is 12.1. The summed E-state index contributed by atoms with van der Waals surface area (Å²) in [6.45, 7) is 0. The average Bonchev–Trinajstić information content (AvgIpc) is 2.48. The number of oxime groups is 1. The summed E-state index contributed by atoms with van der Waals surface area (Å²) in [5.74, 6) is 0. The summed E-state index contributed by atoms with van der Waals surface area (Å²) < 4.78 is 28.0. The lowest BCUT2D eigenvalue weighted by Crippen LogP contribution is -2.03. The van der Waals surface area contributed by atoms with E-state index in [9.17, 15) is 8.42 Å². The second-order valence-electron chi connectivity index (χ2n) is 3.48. The molecule has 20 heavy (non-hydrogen) atoms. The first-order chi connectivity index (χ1) is 9.63. The first-order valence-corrected chi connectivity index (χ1v) is 6.77. The van der Waals surface area contributed by atoms with Crippen molar-refractivity contribution in [3.05, 3.63) is 54.1 Å². The average molecular weight is 288 g/mol. The predicted octanol–water partition coefficient (Wildman–Crippen LogP) is 1.09. The predicted molar refractivity (Wildman–Crippen MR) is 69.1 cm³/mol. The smallest absolute Gasteiger partial charge is 0.265 e. The summed E-state index contributed by atoms with van der Waals surface area (Å²) in [4.78, 5) is 7.57. The van der Waals surface area contributed by atoms with Crippen LogP contribution in [-0.4, -0.2) is 24.6 Å². The number of rotatable bonds is 4. The molecule has 0 bridgehead atoms. The minimum absolute atomic E-state index is 0.0168. The van der Waals surface area contributed by atoms with Gasteiger partial charge in [-0.3, -0.25) is 9.27 Å². The summed E-state index contributed by atoms with van der Waals surface area (Å²) in [7, 11) is -3.98. The molecule has 1 aromatic carbocycles. The van der Waals surface area contributed by atoms with Crippen molar-refractivity contribution in [1.29, 1.82) is 5.26 Å². The van der Waals surface area contributed by atoms with Crippen LogP contribution in [0.25, 0.3) is 0 Å². The molecule has 2 rings (SSSR count). The molecule has 0 spiro atoms. The monoisotopic (exact) mass is 288 g/mol. The molecule has 0 aliphatic heterocycles. The lowest BCUT2D eigenvalue weighted by Gasteiger charge is -2.00. The highest BCUT2D eigenvalue weighted by Gasteiger charge is 2.14. The van der Waals surface area contributed by atoms with E-state index >= 15 is 0 Å². The van der Waals surface area contributed by atoms with E-state index in [0.717, 1.165) is 6.21 Å². The van der Waals surface area contributed by atoms with Crippen molar-refractivity contribution < 1.29 is 12.7 Å². The van der Waals surface area contributed by atoms with Gasteiger partial charge in [-0.25, -0.2) is 4.98 Å². The Hall–Kier alpha value is -2.79. The maximum absolute atomic E-state index is 11.7. The molecule has 100 valence electrons. The molecule has 0 radical (unpaired) electrons. The quantitative estimate of drug-likeness (QED) is 0.616. The van der Waals surface area contributed by atoms with Gasteiger partial charge in [0, 0.05) is 12.4 Å². The maximum Gasteiger partial charge on any atom is 0.358 e. The van der Waals surface area contributed by atoms with Gasteiger partial charge in [0.1, 0.15) is 16.7 Å². The Bertz CT molecular complexity index is 767. The summed E-state index contributed by atoms with van der Waals surface area (Å²) in [6, 6.07) is 9.38. The molecule has 0 atom stereocenters. The van der Waals surface area contributed by atoms with Crippen LogP contribution < -0.4 is 0 Å². The molecule has 7 nitrogen and oxygen atoms in total. The third-order valence-corrected chi connectivity index (χ3v) is 3.31. The molecule has 8 heteroatoms. The van der Waals surface area contributed by atoms with Gasteiger partial charge in [-0.1, -0.05) is 23.4 Å². The minimum atomic E-state index is -3.98. The van der Waals surface area contributed by atoms with Gasteiger partial charge >= 0.3 is 10.1 Å². The van der Waals surface area contributed by atoms with Crippen molar-refractivity contribution in [3.8, 4) is 6.07 Å². The molecule has 0 saturated carbocycles. The van der Waals surface area contributed by atoms with Crippen LogP contribution in [0.4, 0.5) is 0 Å². The largest absolute Gasteiger partial charge is 0.358 e. The van der Waals surface area contributed by atoms with Crippen molar-refractivity contribution in [3.63, 3.8) is 0 Å². The van der Waals surface area contributed by atoms with Gasteiger partial charge in [-0.15, -0.1) is 0 Å². The van der Waals surface area contributed by atoms with Gasteiger partial charge in [-0.2, -0.15) is 13.7 Å². The van der Waals surface area contributed by atoms with E-state index < -0.39 is 10.1 Å². The van der Waals surface area contributed by atoms with Crippen molar-refractivity contribution in [2.24, 2.45) is 5.16 Å². The standard InChI is InChI=1S/C12H8N4O3S/c13-8-11-12(15-7-6-14-11)9-16-19-20(17,18)10-4-2-1-3-5-10/h1-7,9H/b16-9+. The number of hydrogen-bond acceptors (Lipinski definition) is 7. The molecule has 1 heterocycles. The van der Waals surface area contributed by atoms with Crippen LogP contribution in [0.3, 0.4) is 0 Å². The number of benzene rings is 1. The zero-order valence-corrected chi connectivity index (χ0v) is 10.9. The van der Waals surface area contributed by atoms with Crippen LogP contribution >= 0.6 is 0 Å². The molecule has 0 aliphatic carbocycles. The van der Waals surface area contributed by atoms with E-state index in [1.807, 2.05) is 0 Å². The Morgan fingerprint density at radius 1 is 1.20 bits per heavy atom. The molecule has 1 aromatic heterocycles. The van der Waals surface area contributed by atoms with Gasteiger partial charge in [0.05, 0.1) is 6.21 Å². The zero-order valence-electron chi connectivity index (χ0n) is 10.0. The Labute approximate surface area is 115 Å². The summed E-state index contributed by atoms with van der Waals surface area (Å²) in [6.07, 6.45) is 3.72. The van der Waals surface area contributed by atoms with Crippen LogP contribution in [0.2, 0.25) is 0 Å². The maximum atomic E-state index is 11.7. The van der Waals surface area contributed by atoms with Crippen LogP contribution in [0.15, 0.2) is 52.8 Å². The molecule has 0 saturated heterocycles. The van der Waals surface area contributed by atoms with E-state index in [4.69, 9.17) is 5.26 Å². The molecule has 0 aliphatic rings. The topological polar surface area (TPSA) is 105 Å². The highest BCUT2D eigenvalue weighted by atomic mass is 32.2. The fourth-order valence-electron chi connectivity index (χ4n) is 1.29. The van der Waals surface area contributed by atoms with E-state index in [0.29, 0.717) is 0 Å². The molecule has 2 aromatic rings. The summed E-state index contributed by atoms with van der Waals surface area (Å²) in [5.41, 5.74) is 0.148. The normalized spacial score (nSPS) is 11.2. The number of hydrogen-bond donors (Lipinski definition) is 0. The number of nitrogens with zero attached hydrogens (tertiary/aromatic N) is 4. The van der Waals surface area contributed by atoms with Crippen LogP contribution in [0.1, 0.15) is 11.4 Å². The third-order valence-electron chi connectivity index (χ3n) is 2.18. The fraction of sp³-hybridized carbons (Fsp3) is 0. The van der Waals surface area contributed by atoms with E-state index in [2.05, 4.69) is 19.4 Å². The van der Waals surface area contributed by atoms with Gasteiger partial charge in [-0.05, 0) is 12.1 Å². The Morgan fingerprint density at radius 2 is 1.90 bits per heavy atom. The van der Waals surface area contributed by atoms with Crippen LogP contribution in [0, 0.1) is 11.3 Å². The van der Waals surface area contributed by atoms with Gasteiger partial charge in [0.25, 0.3) is 0 Å². The highest BCUT2D eigenvalue weighted by Crippen LogP contribution is 2.11. The molecule has 0 fully saturated rings. The molecule has 0 amide bonds. The Balaban J connectivity index is 2.17. The Morgan fingerprint density at radius 3 is 2.60 bits per heavy atom. The van der Waals surface area contributed by atoms with E-state index in [1.165, 1.54) is 24.5 Å². The number of nitriles is 1. The first kappa shape index (κ1) is 13.6. The zero-order chi connectivity index (χ0) is 14.4. The molecule has 0 unspecified atom stereocenters. The second kappa shape index (κ2) is 5.90. The Kier molecular flexibility index (Phi) is 4.02. The van der Waals surface area contributed by atoms with Crippen LogP contribution in [0.5, 0.6) is 0 Å². The van der Waals surface area contributed by atoms with Crippen molar-refractivity contribution in [1.82, 2.24) is 9.97 Å². The molecule has 0 N–H and O–H groups in total. The van der Waals surface area contributed by atoms with E-state index in [1.54, 1.807) is 24.3 Å². The SMILES string of the molecule is N#Cc1nccnc1/C=N/OS(=O)(=O)c1ccccc1. The van der Waals surface area contributed by atoms with Gasteiger partial charge in [0.15, 0.2) is 5.69 Å². The number of aromatic nitrogens is 2. The lowest BCUT2D eigenvalue weighted by molar-refractivity contribution is 0.341. The highest BCUT2D eigenvalue weighted by molar-refractivity contribution is 7.86. The van der Waals surface area contributed by atoms with Crippen LogP contribution in [-0.2, 0) is 14.4 Å².